The molecule has 0 aliphatic rings. The molecule has 2 aromatic rings. The Morgan fingerprint density at radius 2 is 1.00 bits per heavy atom. The molecular formula is C15H11ClO5. The fourth-order valence-electron chi connectivity index (χ4n) is 1.75. The van der Waals surface area contributed by atoms with Gasteiger partial charge in [0.15, 0.2) is 5.78 Å². The smallest absolute Gasteiger partial charge is 0.335 e. The number of carbonyl (C=O) groups excluding carboxylic acids is 1. The van der Waals surface area contributed by atoms with Gasteiger partial charge in [-0.3, -0.25) is 4.79 Å². The van der Waals surface area contributed by atoms with Crippen LogP contribution in [0.15, 0.2) is 48.5 Å². The van der Waals surface area contributed by atoms with Crippen molar-refractivity contribution < 1.29 is 24.6 Å². The Balaban J connectivity index is 0.00000220. The minimum atomic E-state index is -1.13. The van der Waals surface area contributed by atoms with Crippen molar-refractivity contribution in [3.05, 3.63) is 70.8 Å². The lowest BCUT2D eigenvalue weighted by Gasteiger charge is -2.03. The molecule has 0 saturated heterocycles. The average Bonchev–Trinajstić information content (AvgIpc) is 2.46. The molecule has 2 rings (SSSR count). The highest BCUT2D eigenvalue weighted by molar-refractivity contribution is 6.10. The van der Waals surface area contributed by atoms with Crippen molar-refractivity contribution in [1.29, 1.82) is 0 Å². The van der Waals surface area contributed by atoms with Gasteiger partial charge in [-0.2, -0.15) is 0 Å². The number of rotatable bonds is 4. The third-order valence-electron chi connectivity index (χ3n) is 2.74. The minimum Gasteiger partial charge on any atom is -0.478 e. The van der Waals surface area contributed by atoms with E-state index in [0.717, 1.165) is 0 Å². The zero-order chi connectivity index (χ0) is 14.7. The van der Waals surface area contributed by atoms with E-state index in [-0.39, 0.29) is 34.7 Å². The number of hydrogen-bond acceptors (Lipinski definition) is 3. The fourth-order valence-corrected chi connectivity index (χ4v) is 1.75. The molecule has 0 aromatic heterocycles. The molecule has 0 aliphatic heterocycles. The summed E-state index contributed by atoms with van der Waals surface area (Å²) in [4.78, 5) is 33.9. The van der Waals surface area contributed by atoms with E-state index in [0.29, 0.717) is 0 Å². The fraction of sp³-hybridized carbons (Fsp3) is 0. The standard InChI is InChI=1S/C15H10O5.ClH/c16-13(9-3-1-5-11(7-9)14(17)18)10-4-2-6-12(8-10)15(19)20;/h1-8H,(H,17,18)(H,19,20);1H. The van der Waals surface area contributed by atoms with Gasteiger partial charge in [0.2, 0.25) is 0 Å². The first-order chi connectivity index (χ1) is 9.49. The van der Waals surface area contributed by atoms with Crippen LogP contribution in [0.3, 0.4) is 0 Å². The highest BCUT2D eigenvalue weighted by Crippen LogP contribution is 2.13. The normalized spacial score (nSPS) is 9.52. The van der Waals surface area contributed by atoms with E-state index in [4.69, 9.17) is 10.2 Å². The molecule has 0 saturated carbocycles. The first kappa shape index (κ1) is 16.4. The largest absolute Gasteiger partial charge is 0.478 e. The third-order valence-corrected chi connectivity index (χ3v) is 2.74. The van der Waals surface area contributed by atoms with Crippen LogP contribution in [0.5, 0.6) is 0 Å². The van der Waals surface area contributed by atoms with Gasteiger partial charge in [-0.25, -0.2) is 9.59 Å². The zero-order valence-electron chi connectivity index (χ0n) is 10.6. The van der Waals surface area contributed by atoms with E-state index >= 15 is 0 Å². The molecule has 0 bridgehead atoms. The molecular weight excluding hydrogens is 296 g/mol. The summed E-state index contributed by atoms with van der Waals surface area (Å²) in [5.41, 5.74) is 0.412. The lowest BCUT2D eigenvalue weighted by molar-refractivity contribution is 0.0686. The number of ketones is 1. The Labute approximate surface area is 126 Å². The SMILES string of the molecule is Cl.O=C(O)c1cccc(C(=O)c2cccc(C(=O)O)c2)c1. The quantitative estimate of drug-likeness (QED) is 0.847. The van der Waals surface area contributed by atoms with Gasteiger partial charge in [-0.1, -0.05) is 24.3 Å². The molecule has 0 radical (unpaired) electrons. The van der Waals surface area contributed by atoms with Crippen molar-refractivity contribution >= 4 is 30.1 Å². The highest BCUT2D eigenvalue weighted by Gasteiger charge is 2.13. The number of benzene rings is 2. The number of carboxylic acid groups (broad SMARTS) is 2. The van der Waals surface area contributed by atoms with E-state index in [9.17, 15) is 14.4 Å². The molecule has 6 heteroatoms. The maximum atomic E-state index is 12.2. The molecule has 0 atom stereocenters. The molecule has 0 spiro atoms. The third kappa shape index (κ3) is 3.67. The predicted molar refractivity (Wildman–Crippen MR) is 77.5 cm³/mol. The van der Waals surface area contributed by atoms with Gasteiger partial charge < -0.3 is 10.2 Å². The second-order valence-electron chi connectivity index (χ2n) is 4.10. The number of hydrogen-bond donors (Lipinski definition) is 2. The van der Waals surface area contributed by atoms with Gasteiger partial charge >= 0.3 is 11.9 Å². The van der Waals surface area contributed by atoms with Crippen LogP contribution in [0, 0.1) is 0 Å². The number of carboxylic acids is 2. The van der Waals surface area contributed by atoms with Crippen molar-refractivity contribution in [2.45, 2.75) is 0 Å². The van der Waals surface area contributed by atoms with E-state index in [1.807, 2.05) is 0 Å². The van der Waals surface area contributed by atoms with E-state index in [1.54, 1.807) is 0 Å². The first-order valence-corrected chi connectivity index (χ1v) is 5.70. The maximum absolute atomic E-state index is 12.2. The Morgan fingerprint density at radius 1 is 0.667 bits per heavy atom. The van der Waals surface area contributed by atoms with Gasteiger partial charge in [0.1, 0.15) is 0 Å². The van der Waals surface area contributed by atoms with Crippen molar-refractivity contribution in [2.24, 2.45) is 0 Å². The summed E-state index contributed by atoms with van der Waals surface area (Å²) in [6, 6.07) is 11.2. The molecule has 2 aromatic carbocycles. The lowest BCUT2D eigenvalue weighted by Crippen LogP contribution is -2.06. The van der Waals surface area contributed by atoms with E-state index in [1.165, 1.54) is 48.5 Å². The Bertz CT molecular complexity index is 649. The van der Waals surface area contributed by atoms with Crippen LogP contribution in [0.1, 0.15) is 36.6 Å². The highest BCUT2D eigenvalue weighted by atomic mass is 35.5. The van der Waals surface area contributed by atoms with Gasteiger partial charge in [0.25, 0.3) is 0 Å². The average molecular weight is 307 g/mol. The van der Waals surface area contributed by atoms with Crippen LogP contribution >= 0.6 is 12.4 Å². The predicted octanol–water partition coefficient (Wildman–Crippen LogP) is 2.74. The van der Waals surface area contributed by atoms with Crippen molar-refractivity contribution in [1.82, 2.24) is 0 Å². The van der Waals surface area contributed by atoms with Crippen LogP contribution in [-0.2, 0) is 0 Å². The summed E-state index contributed by atoms with van der Waals surface area (Å²) in [5, 5.41) is 17.8. The Hall–Kier alpha value is -2.66. The number of aromatic carboxylic acids is 2. The zero-order valence-corrected chi connectivity index (χ0v) is 11.5. The summed E-state index contributed by atoms with van der Waals surface area (Å²) < 4.78 is 0. The summed E-state index contributed by atoms with van der Waals surface area (Å²) >= 11 is 0. The molecule has 0 fully saturated rings. The van der Waals surface area contributed by atoms with Crippen molar-refractivity contribution in [3.63, 3.8) is 0 Å². The van der Waals surface area contributed by atoms with Crippen LogP contribution < -0.4 is 0 Å². The topological polar surface area (TPSA) is 91.7 Å². The molecule has 0 amide bonds. The summed E-state index contributed by atoms with van der Waals surface area (Å²) in [6.45, 7) is 0. The van der Waals surface area contributed by atoms with Crippen molar-refractivity contribution in [2.75, 3.05) is 0 Å². The molecule has 5 nitrogen and oxygen atoms in total. The van der Waals surface area contributed by atoms with Gasteiger partial charge in [-0.15, -0.1) is 12.4 Å². The van der Waals surface area contributed by atoms with Crippen LogP contribution in [0.2, 0.25) is 0 Å². The van der Waals surface area contributed by atoms with Gasteiger partial charge in [0, 0.05) is 11.1 Å². The lowest BCUT2D eigenvalue weighted by atomic mass is 10.00. The number of halogens is 1. The Kier molecular flexibility index (Phi) is 5.21. The molecule has 108 valence electrons. The van der Waals surface area contributed by atoms with Gasteiger partial charge in [0.05, 0.1) is 11.1 Å². The second-order valence-corrected chi connectivity index (χ2v) is 4.10. The summed E-state index contributed by atoms with van der Waals surface area (Å²) in [5.74, 6) is -2.67. The first-order valence-electron chi connectivity index (χ1n) is 5.70. The molecule has 0 heterocycles. The van der Waals surface area contributed by atoms with Crippen LogP contribution in [0.25, 0.3) is 0 Å². The molecule has 21 heavy (non-hydrogen) atoms. The monoisotopic (exact) mass is 306 g/mol. The Morgan fingerprint density at radius 3 is 1.33 bits per heavy atom. The molecule has 0 unspecified atom stereocenters. The van der Waals surface area contributed by atoms with E-state index < -0.39 is 17.7 Å². The van der Waals surface area contributed by atoms with Crippen molar-refractivity contribution in [3.8, 4) is 0 Å². The molecule has 2 N–H and O–H groups in total. The summed E-state index contributed by atoms with van der Waals surface area (Å²) in [7, 11) is 0. The van der Waals surface area contributed by atoms with Gasteiger partial charge in [-0.05, 0) is 24.3 Å². The molecule has 0 aliphatic carbocycles. The second kappa shape index (κ2) is 6.67. The number of carbonyl (C=O) groups is 3. The minimum absolute atomic E-state index is 0. The maximum Gasteiger partial charge on any atom is 0.335 e. The summed E-state index contributed by atoms with van der Waals surface area (Å²) in [6.07, 6.45) is 0. The van der Waals surface area contributed by atoms with Crippen LogP contribution in [0.4, 0.5) is 0 Å². The van der Waals surface area contributed by atoms with Crippen LogP contribution in [-0.4, -0.2) is 27.9 Å². The van der Waals surface area contributed by atoms with E-state index in [2.05, 4.69) is 0 Å².